The van der Waals surface area contributed by atoms with Gasteiger partial charge in [0.1, 0.15) is 0 Å². The van der Waals surface area contributed by atoms with Crippen LogP contribution in [-0.2, 0) is 0 Å². The molecule has 0 radical (unpaired) electrons. The number of alkyl halides is 1. The molecule has 0 saturated heterocycles. The number of rotatable bonds is 22. The Labute approximate surface area is 198 Å². The fraction of sp³-hybridized carbons (Fsp3) is 1.00. The van der Waals surface area contributed by atoms with Crippen molar-refractivity contribution in [3.8, 4) is 0 Å². The molecule has 3 heteroatoms. The Morgan fingerprint density at radius 3 is 1.04 bits per heavy atom. The molecule has 0 aromatic carbocycles. The van der Waals surface area contributed by atoms with Crippen LogP contribution in [0.1, 0.15) is 129 Å². The topological polar surface area (TPSA) is 0 Å². The number of hydrogen-bond acceptors (Lipinski definition) is 0. The van der Waals surface area contributed by atoms with Crippen LogP contribution >= 0.6 is 15.9 Å². The van der Waals surface area contributed by atoms with Crippen LogP contribution < -0.4 is 17.0 Å². The summed E-state index contributed by atoms with van der Waals surface area (Å²) in [7, 11) is 2.50. The normalized spacial score (nSPS) is 11.6. The van der Waals surface area contributed by atoms with E-state index in [1.54, 1.807) is 0 Å². The highest BCUT2D eigenvalue weighted by Crippen LogP contribution is 2.15. The summed E-state index contributed by atoms with van der Waals surface area (Å²) in [6, 6.07) is 0. The predicted octanol–water partition coefficient (Wildman–Crippen LogP) is 5.89. The third-order valence-electron chi connectivity index (χ3n) is 6.23. The van der Waals surface area contributed by atoms with Gasteiger partial charge >= 0.3 is 0 Å². The van der Waals surface area contributed by atoms with Gasteiger partial charge in [0.05, 0.1) is 32.0 Å². The van der Waals surface area contributed by atoms with Gasteiger partial charge in [-0.3, -0.25) is 0 Å². The molecule has 0 N–H and O–H groups in total. The van der Waals surface area contributed by atoms with E-state index in [-0.39, 0.29) is 17.0 Å². The van der Waals surface area contributed by atoms with Crippen LogP contribution in [0.3, 0.4) is 0 Å². The molecule has 0 aliphatic rings. The Bertz CT molecular complexity index is 262. The molecule has 1 nitrogen and oxygen atoms in total. The SMILES string of the molecule is CCCCCCCCCCC[N+](C)(CCBr)CCCCCCCCCCC.[Br-]. The lowest BCUT2D eigenvalue weighted by Gasteiger charge is -2.34. The summed E-state index contributed by atoms with van der Waals surface area (Å²) in [6.45, 7) is 8.68. The first kappa shape index (κ1) is 31.1. The van der Waals surface area contributed by atoms with Crippen LogP contribution in [0.4, 0.5) is 0 Å². The van der Waals surface area contributed by atoms with Crippen LogP contribution in [0.2, 0.25) is 0 Å². The number of halogens is 2. The highest BCUT2D eigenvalue weighted by Gasteiger charge is 2.19. The number of quaternary nitrogens is 1. The van der Waals surface area contributed by atoms with Crippen molar-refractivity contribution < 1.29 is 21.5 Å². The standard InChI is InChI=1S/C25H53BrN.BrH/c1-4-6-8-10-12-14-16-18-20-23-27(3,25-22-26)24-21-19-17-15-13-11-9-7-5-2;/h4-25H2,1-3H3;1H/q+1;/p-1. The molecule has 0 fully saturated rings. The maximum Gasteiger partial charge on any atom is 0.0883 e. The first-order valence-corrected chi connectivity index (χ1v) is 13.7. The summed E-state index contributed by atoms with van der Waals surface area (Å²) in [6.07, 6.45) is 25.9. The second kappa shape index (κ2) is 24.2. The number of nitrogens with zero attached hydrogens (tertiary/aromatic N) is 1. The fourth-order valence-electron chi connectivity index (χ4n) is 4.15. The minimum absolute atomic E-state index is 0. The van der Waals surface area contributed by atoms with Crippen LogP contribution in [0.5, 0.6) is 0 Å². The maximum absolute atomic E-state index is 3.70. The molecule has 0 rings (SSSR count). The van der Waals surface area contributed by atoms with Crippen molar-refractivity contribution >= 4 is 15.9 Å². The Kier molecular flexibility index (Phi) is 26.9. The largest absolute Gasteiger partial charge is 1.00 e. The highest BCUT2D eigenvalue weighted by molar-refractivity contribution is 9.09. The molecule has 172 valence electrons. The van der Waals surface area contributed by atoms with Crippen LogP contribution in [-0.4, -0.2) is 36.5 Å². The van der Waals surface area contributed by atoms with Crippen molar-refractivity contribution in [2.75, 3.05) is 32.0 Å². The molecule has 0 heterocycles. The first-order valence-electron chi connectivity index (χ1n) is 12.6. The van der Waals surface area contributed by atoms with Gasteiger partial charge in [-0.1, -0.05) is 120 Å². The minimum atomic E-state index is 0. The molecular weight excluding hydrogens is 474 g/mol. The zero-order valence-corrected chi connectivity index (χ0v) is 22.9. The van der Waals surface area contributed by atoms with Gasteiger partial charge in [0.25, 0.3) is 0 Å². The van der Waals surface area contributed by atoms with Crippen LogP contribution in [0.15, 0.2) is 0 Å². The molecule has 0 aliphatic heterocycles. The maximum atomic E-state index is 3.70. The zero-order valence-electron chi connectivity index (χ0n) is 19.8. The van der Waals surface area contributed by atoms with Gasteiger partial charge in [-0.15, -0.1) is 0 Å². The smallest absolute Gasteiger partial charge is 0.0883 e. The molecular formula is C25H53Br2N. The molecule has 0 aliphatic carbocycles. The van der Waals surface area contributed by atoms with Gasteiger partial charge in [0.2, 0.25) is 0 Å². The molecule has 0 aromatic rings. The molecule has 0 bridgehead atoms. The summed E-state index contributed by atoms with van der Waals surface area (Å²) < 4.78 is 1.29. The first-order chi connectivity index (χ1) is 13.2. The van der Waals surface area contributed by atoms with Gasteiger partial charge in [0, 0.05) is 0 Å². The van der Waals surface area contributed by atoms with Crippen molar-refractivity contribution in [3.05, 3.63) is 0 Å². The number of hydrogen-bond donors (Lipinski definition) is 0. The van der Waals surface area contributed by atoms with Crippen molar-refractivity contribution in [2.45, 2.75) is 129 Å². The molecule has 0 saturated carbocycles. The van der Waals surface area contributed by atoms with E-state index < -0.39 is 0 Å². The monoisotopic (exact) mass is 525 g/mol. The molecule has 0 aromatic heterocycles. The average molecular weight is 528 g/mol. The van der Waals surface area contributed by atoms with E-state index in [1.807, 2.05) is 0 Å². The van der Waals surface area contributed by atoms with E-state index in [4.69, 9.17) is 0 Å². The predicted molar refractivity (Wildman–Crippen MR) is 129 cm³/mol. The van der Waals surface area contributed by atoms with E-state index in [1.165, 1.54) is 140 Å². The summed E-state index contributed by atoms with van der Waals surface area (Å²) >= 11 is 3.70. The Morgan fingerprint density at radius 2 is 0.750 bits per heavy atom. The summed E-state index contributed by atoms with van der Waals surface area (Å²) in [5.74, 6) is 0. The lowest BCUT2D eigenvalue weighted by Crippen LogP contribution is -3.00. The molecule has 28 heavy (non-hydrogen) atoms. The Hall–Kier alpha value is 0.920. The molecule has 0 atom stereocenters. The van der Waals surface area contributed by atoms with Crippen molar-refractivity contribution in [3.63, 3.8) is 0 Å². The van der Waals surface area contributed by atoms with E-state index in [0.29, 0.717) is 0 Å². The lowest BCUT2D eigenvalue weighted by atomic mass is 10.1. The van der Waals surface area contributed by atoms with Gasteiger partial charge < -0.3 is 21.5 Å². The molecule has 0 spiro atoms. The van der Waals surface area contributed by atoms with Crippen molar-refractivity contribution in [1.29, 1.82) is 0 Å². The van der Waals surface area contributed by atoms with E-state index in [2.05, 4.69) is 36.8 Å². The second-order valence-electron chi connectivity index (χ2n) is 9.14. The van der Waals surface area contributed by atoms with E-state index >= 15 is 0 Å². The summed E-state index contributed by atoms with van der Waals surface area (Å²) in [4.78, 5) is 0. The Balaban J connectivity index is 0. The van der Waals surface area contributed by atoms with Gasteiger partial charge in [-0.25, -0.2) is 0 Å². The van der Waals surface area contributed by atoms with Crippen LogP contribution in [0, 0.1) is 0 Å². The average Bonchev–Trinajstić information content (AvgIpc) is 2.66. The van der Waals surface area contributed by atoms with Crippen LogP contribution in [0.25, 0.3) is 0 Å². The van der Waals surface area contributed by atoms with Crippen molar-refractivity contribution in [1.82, 2.24) is 0 Å². The summed E-state index contributed by atoms with van der Waals surface area (Å²) in [5, 5.41) is 1.15. The van der Waals surface area contributed by atoms with Gasteiger partial charge in [0.15, 0.2) is 0 Å². The quantitative estimate of drug-likeness (QED) is 0.0936. The zero-order chi connectivity index (χ0) is 20.1. The third-order valence-corrected chi connectivity index (χ3v) is 6.58. The van der Waals surface area contributed by atoms with Gasteiger partial charge in [-0.05, 0) is 25.7 Å². The van der Waals surface area contributed by atoms with E-state index in [0.717, 1.165) is 5.33 Å². The summed E-state index contributed by atoms with van der Waals surface area (Å²) in [5.41, 5.74) is 0. The molecule has 0 amide bonds. The molecule has 0 unspecified atom stereocenters. The minimum Gasteiger partial charge on any atom is -1.00 e. The third kappa shape index (κ3) is 21.6. The van der Waals surface area contributed by atoms with Gasteiger partial charge in [-0.2, -0.15) is 0 Å². The lowest BCUT2D eigenvalue weighted by molar-refractivity contribution is -0.907. The number of unbranched alkanes of at least 4 members (excludes halogenated alkanes) is 16. The second-order valence-corrected chi connectivity index (χ2v) is 9.93. The Morgan fingerprint density at radius 1 is 0.464 bits per heavy atom. The van der Waals surface area contributed by atoms with E-state index in [9.17, 15) is 0 Å². The van der Waals surface area contributed by atoms with Crippen molar-refractivity contribution in [2.24, 2.45) is 0 Å². The fourth-order valence-corrected chi connectivity index (χ4v) is 5.00. The highest BCUT2D eigenvalue weighted by atomic mass is 79.9.